The Balaban J connectivity index is 1.57. The van der Waals surface area contributed by atoms with Crippen LogP contribution in [0, 0.1) is 6.92 Å². The van der Waals surface area contributed by atoms with Crippen molar-refractivity contribution in [3.05, 3.63) is 65.4 Å². The number of anilines is 1. The van der Waals surface area contributed by atoms with Crippen molar-refractivity contribution in [3.8, 4) is 11.4 Å². The van der Waals surface area contributed by atoms with Gasteiger partial charge in [0.1, 0.15) is 17.9 Å². The fourth-order valence-corrected chi connectivity index (χ4v) is 3.00. The molecule has 4 rings (SSSR count). The van der Waals surface area contributed by atoms with Gasteiger partial charge in [-0.15, -0.1) is 0 Å². The highest BCUT2D eigenvalue weighted by Crippen LogP contribution is 2.30. The number of hydrogen-bond donors (Lipinski definition) is 3. The van der Waals surface area contributed by atoms with Gasteiger partial charge in [-0.3, -0.25) is 9.20 Å². The van der Waals surface area contributed by atoms with E-state index in [-0.39, 0.29) is 29.6 Å². The number of fused-ring (bicyclic) bond motifs is 1. The molecule has 3 aromatic heterocycles. The maximum atomic E-state index is 12.9. The van der Waals surface area contributed by atoms with E-state index >= 15 is 0 Å². The van der Waals surface area contributed by atoms with Crippen LogP contribution in [0.4, 0.5) is 23.7 Å². The normalized spacial score (nSPS) is 11.5. The zero-order valence-corrected chi connectivity index (χ0v) is 16.8. The van der Waals surface area contributed by atoms with Gasteiger partial charge >= 0.3 is 12.3 Å². The summed E-state index contributed by atoms with van der Waals surface area (Å²) in [6.45, 7) is 1.59. The summed E-state index contributed by atoms with van der Waals surface area (Å²) in [5, 5.41) is 17.3. The van der Waals surface area contributed by atoms with Gasteiger partial charge in [0.25, 0.3) is 5.91 Å². The van der Waals surface area contributed by atoms with Crippen molar-refractivity contribution >= 4 is 23.3 Å². The quantitative estimate of drug-likeness (QED) is 0.413. The van der Waals surface area contributed by atoms with Crippen LogP contribution in [-0.2, 0) is 12.7 Å². The van der Waals surface area contributed by atoms with E-state index in [1.54, 1.807) is 25.1 Å². The third-order valence-corrected chi connectivity index (χ3v) is 4.68. The molecule has 13 heteroatoms. The van der Waals surface area contributed by atoms with Crippen molar-refractivity contribution in [1.29, 1.82) is 0 Å². The first-order chi connectivity index (χ1) is 15.6. The molecule has 3 heterocycles. The largest absolute Gasteiger partial charge is 0.465 e. The Hall–Kier alpha value is -4.42. The summed E-state index contributed by atoms with van der Waals surface area (Å²) in [4.78, 5) is 31.4. The summed E-state index contributed by atoms with van der Waals surface area (Å²) >= 11 is 0. The van der Waals surface area contributed by atoms with Gasteiger partial charge in [-0.1, -0.05) is 17.3 Å². The lowest BCUT2D eigenvalue weighted by molar-refractivity contribution is -0.137. The molecule has 0 radical (unpaired) electrons. The number of carbonyl (C=O) groups excluding carboxylic acids is 1. The maximum Gasteiger partial charge on any atom is 0.416 e. The number of hydrogen-bond acceptors (Lipinski definition) is 6. The van der Waals surface area contributed by atoms with Crippen LogP contribution in [-0.4, -0.2) is 36.6 Å². The molecule has 0 fully saturated rings. The first-order valence-corrected chi connectivity index (χ1v) is 9.38. The van der Waals surface area contributed by atoms with Crippen molar-refractivity contribution in [2.24, 2.45) is 0 Å². The van der Waals surface area contributed by atoms with Crippen LogP contribution in [0.1, 0.15) is 27.5 Å². The number of alkyl halides is 3. The maximum absolute atomic E-state index is 12.9. The van der Waals surface area contributed by atoms with Crippen LogP contribution in [0.25, 0.3) is 17.0 Å². The van der Waals surface area contributed by atoms with Crippen LogP contribution in [0.2, 0.25) is 0 Å². The number of aryl methyl sites for hydroxylation is 1. The van der Waals surface area contributed by atoms with Crippen molar-refractivity contribution in [3.63, 3.8) is 0 Å². The smallest absolute Gasteiger partial charge is 0.416 e. The lowest BCUT2D eigenvalue weighted by Crippen LogP contribution is -2.20. The van der Waals surface area contributed by atoms with Crippen LogP contribution >= 0.6 is 0 Å². The van der Waals surface area contributed by atoms with Gasteiger partial charge in [-0.2, -0.15) is 18.2 Å². The molecule has 33 heavy (non-hydrogen) atoms. The Kier molecular flexibility index (Phi) is 5.45. The van der Waals surface area contributed by atoms with E-state index in [0.717, 1.165) is 18.3 Å². The third-order valence-electron chi connectivity index (χ3n) is 4.68. The van der Waals surface area contributed by atoms with Crippen molar-refractivity contribution < 1.29 is 32.4 Å². The van der Waals surface area contributed by atoms with Gasteiger partial charge in [-0.05, 0) is 30.7 Å². The Labute approximate surface area is 183 Å². The predicted octanol–water partition coefficient (Wildman–Crippen LogP) is 3.73. The summed E-state index contributed by atoms with van der Waals surface area (Å²) < 4.78 is 45.0. The number of nitrogens with zero attached hydrogens (tertiary/aromatic N) is 4. The van der Waals surface area contributed by atoms with Gasteiger partial charge in [0.05, 0.1) is 11.8 Å². The lowest BCUT2D eigenvalue weighted by atomic mass is 10.1. The molecule has 170 valence electrons. The molecule has 0 saturated carbocycles. The van der Waals surface area contributed by atoms with Crippen LogP contribution in [0.15, 0.2) is 47.2 Å². The highest BCUT2D eigenvalue weighted by atomic mass is 19.4. The summed E-state index contributed by atoms with van der Waals surface area (Å²) in [5.41, 5.74) is 0.772. The summed E-state index contributed by atoms with van der Waals surface area (Å²) in [6, 6.07) is 6.72. The highest BCUT2D eigenvalue weighted by molar-refractivity contribution is 6.04. The molecule has 4 aromatic rings. The Morgan fingerprint density at radius 3 is 2.73 bits per heavy atom. The Morgan fingerprint density at radius 1 is 1.21 bits per heavy atom. The zero-order valence-electron chi connectivity index (χ0n) is 16.8. The van der Waals surface area contributed by atoms with Crippen molar-refractivity contribution in [2.75, 3.05) is 5.32 Å². The van der Waals surface area contributed by atoms with E-state index in [1.807, 2.05) is 0 Å². The molecule has 0 unspecified atom stereocenters. The SMILES string of the molecule is Cc1ccc(-c2noc(CNC(=O)O)n2)cc1NC(=O)c1cnc2cc(C(F)(F)F)ccn12. The molecule has 10 nitrogen and oxygen atoms in total. The minimum Gasteiger partial charge on any atom is -0.465 e. The number of carboxylic acid groups (broad SMARTS) is 1. The molecule has 0 aliphatic rings. The van der Waals surface area contributed by atoms with Gasteiger partial charge in [-0.25, -0.2) is 9.78 Å². The molecule has 0 spiro atoms. The summed E-state index contributed by atoms with van der Waals surface area (Å²) in [6.07, 6.45) is -3.44. The van der Waals surface area contributed by atoms with E-state index in [4.69, 9.17) is 9.63 Å². The monoisotopic (exact) mass is 460 g/mol. The molecule has 3 N–H and O–H groups in total. The summed E-state index contributed by atoms with van der Waals surface area (Å²) in [7, 11) is 0. The fourth-order valence-electron chi connectivity index (χ4n) is 3.00. The molecule has 0 aliphatic carbocycles. The number of imidazole rings is 1. The van der Waals surface area contributed by atoms with Crippen molar-refractivity contribution in [1.82, 2.24) is 24.8 Å². The number of aromatic nitrogens is 4. The molecular formula is C20H15F3N6O4. The second-order valence-corrected chi connectivity index (χ2v) is 6.94. The minimum atomic E-state index is -4.52. The van der Waals surface area contributed by atoms with E-state index in [1.165, 1.54) is 10.6 Å². The lowest BCUT2D eigenvalue weighted by Gasteiger charge is -2.10. The van der Waals surface area contributed by atoms with E-state index in [9.17, 15) is 22.8 Å². The predicted molar refractivity (Wildman–Crippen MR) is 107 cm³/mol. The average Bonchev–Trinajstić information content (AvgIpc) is 3.40. The van der Waals surface area contributed by atoms with E-state index in [0.29, 0.717) is 16.8 Å². The third kappa shape index (κ3) is 4.61. The number of benzene rings is 1. The number of rotatable bonds is 5. The van der Waals surface area contributed by atoms with Gasteiger partial charge in [0.2, 0.25) is 11.7 Å². The number of nitrogens with one attached hydrogen (secondary N) is 2. The second-order valence-electron chi connectivity index (χ2n) is 6.94. The minimum absolute atomic E-state index is 0.0188. The van der Waals surface area contributed by atoms with Crippen LogP contribution in [0.3, 0.4) is 0 Å². The Bertz CT molecular complexity index is 1360. The van der Waals surface area contributed by atoms with Crippen molar-refractivity contribution in [2.45, 2.75) is 19.6 Å². The van der Waals surface area contributed by atoms with Gasteiger partial charge in [0, 0.05) is 17.4 Å². The van der Waals surface area contributed by atoms with Crippen LogP contribution < -0.4 is 10.6 Å². The molecular weight excluding hydrogens is 445 g/mol. The van der Waals surface area contributed by atoms with Crippen LogP contribution in [0.5, 0.6) is 0 Å². The van der Waals surface area contributed by atoms with E-state index < -0.39 is 23.7 Å². The number of amides is 2. The molecule has 2 amide bonds. The fraction of sp³-hybridized carbons (Fsp3) is 0.150. The molecule has 1 aromatic carbocycles. The average molecular weight is 460 g/mol. The second kappa shape index (κ2) is 8.26. The topological polar surface area (TPSA) is 135 Å². The number of halogens is 3. The molecule has 0 atom stereocenters. The zero-order chi connectivity index (χ0) is 23.8. The van der Waals surface area contributed by atoms with Gasteiger partial charge in [0.15, 0.2) is 0 Å². The first kappa shape index (κ1) is 21.8. The standard InChI is InChI=1S/C20H15F3N6O4/c1-10-2-3-11(17-27-16(33-28-17)9-25-19(31)32)6-13(10)26-18(30)14-8-24-15-7-12(20(21,22)23)4-5-29(14)15/h2-8,25H,9H2,1H3,(H,26,30)(H,31,32). The summed E-state index contributed by atoms with van der Waals surface area (Å²) in [5.74, 6) is -0.341. The van der Waals surface area contributed by atoms with E-state index in [2.05, 4.69) is 25.8 Å². The number of pyridine rings is 1. The molecule has 0 aliphatic heterocycles. The van der Waals surface area contributed by atoms with Gasteiger partial charge < -0.3 is 20.3 Å². The molecule has 0 saturated heterocycles. The number of carbonyl (C=O) groups is 2. The molecule has 0 bridgehead atoms. The highest BCUT2D eigenvalue weighted by Gasteiger charge is 2.31. The Morgan fingerprint density at radius 2 is 2.00 bits per heavy atom. The first-order valence-electron chi connectivity index (χ1n) is 9.38.